The number of piperidine rings is 1. The molecule has 0 aromatic heterocycles. The van der Waals surface area contributed by atoms with Gasteiger partial charge < -0.3 is 10.6 Å². The Hall–Kier alpha value is -1.02. The molecule has 15 heavy (non-hydrogen) atoms. The lowest BCUT2D eigenvalue weighted by molar-refractivity contribution is 0.439. The van der Waals surface area contributed by atoms with E-state index in [1.807, 2.05) is 0 Å². The van der Waals surface area contributed by atoms with Crippen molar-refractivity contribution in [3.8, 4) is 0 Å². The van der Waals surface area contributed by atoms with E-state index in [1.165, 1.54) is 24.2 Å². The maximum absolute atomic E-state index is 3.63. The van der Waals surface area contributed by atoms with Crippen LogP contribution in [0.4, 0.5) is 5.69 Å². The molecule has 1 saturated heterocycles. The van der Waals surface area contributed by atoms with E-state index in [2.05, 4.69) is 35.8 Å². The Bertz CT molecular complexity index is 373. The predicted molar refractivity (Wildman–Crippen MR) is 63.5 cm³/mol. The van der Waals surface area contributed by atoms with Crippen LogP contribution in [0.25, 0.3) is 0 Å². The molecule has 2 atom stereocenters. The maximum atomic E-state index is 3.63. The molecule has 0 saturated carbocycles. The lowest BCUT2D eigenvalue weighted by Gasteiger charge is -2.26. The van der Waals surface area contributed by atoms with Crippen LogP contribution in [0.3, 0.4) is 0 Å². The summed E-state index contributed by atoms with van der Waals surface area (Å²) < 4.78 is 0. The maximum Gasteiger partial charge on any atom is 0.0455 e. The Morgan fingerprint density at radius 3 is 3.20 bits per heavy atom. The first-order chi connectivity index (χ1) is 7.38. The molecular weight excluding hydrogens is 184 g/mol. The molecule has 0 radical (unpaired) electrons. The van der Waals surface area contributed by atoms with Crippen LogP contribution in [0, 0.1) is 0 Å². The summed E-state index contributed by atoms with van der Waals surface area (Å²) in [6.07, 6.45) is 2.42. The van der Waals surface area contributed by atoms with Crippen LogP contribution in [0.2, 0.25) is 0 Å². The Morgan fingerprint density at radius 1 is 1.40 bits per heavy atom. The highest BCUT2D eigenvalue weighted by molar-refractivity contribution is 5.61. The summed E-state index contributed by atoms with van der Waals surface area (Å²) in [4.78, 5) is 0. The minimum Gasteiger partial charge on any atom is -0.380 e. The molecule has 2 unspecified atom stereocenters. The van der Waals surface area contributed by atoms with Crippen LogP contribution < -0.4 is 10.6 Å². The molecule has 1 aromatic carbocycles. The van der Waals surface area contributed by atoms with Gasteiger partial charge in [-0.3, -0.25) is 0 Å². The predicted octanol–water partition coefficient (Wildman–Crippen LogP) is 2.12. The summed E-state index contributed by atoms with van der Waals surface area (Å²) in [5.74, 6) is 0.743. The SMILES string of the molecule is CCc1ccc2c(c1)C1CCNCC1N2. The summed E-state index contributed by atoms with van der Waals surface area (Å²) in [5, 5.41) is 7.08. The molecule has 2 heterocycles. The molecule has 0 aliphatic carbocycles. The molecule has 0 spiro atoms. The third-order valence-electron chi connectivity index (χ3n) is 3.75. The Balaban J connectivity index is 1.98. The van der Waals surface area contributed by atoms with E-state index in [0.29, 0.717) is 6.04 Å². The lowest BCUT2D eigenvalue weighted by atomic mass is 9.88. The molecule has 80 valence electrons. The van der Waals surface area contributed by atoms with Gasteiger partial charge in [0, 0.05) is 24.2 Å². The Labute approximate surface area is 91.1 Å². The van der Waals surface area contributed by atoms with Gasteiger partial charge in [-0.15, -0.1) is 0 Å². The average Bonchev–Trinajstić information content (AvgIpc) is 2.66. The van der Waals surface area contributed by atoms with Gasteiger partial charge >= 0.3 is 0 Å². The van der Waals surface area contributed by atoms with Crippen LogP contribution in [0.15, 0.2) is 18.2 Å². The van der Waals surface area contributed by atoms with Gasteiger partial charge in [0.15, 0.2) is 0 Å². The van der Waals surface area contributed by atoms with E-state index in [9.17, 15) is 0 Å². The first kappa shape index (κ1) is 9.22. The van der Waals surface area contributed by atoms with Crippen molar-refractivity contribution < 1.29 is 0 Å². The van der Waals surface area contributed by atoms with Crippen LogP contribution in [0.5, 0.6) is 0 Å². The van der Waals surface area contributed by atoms with Gasteiger partial charge in [0.25, 0.3) is 0 Å². The molecule has 2 aliphatic rings. The van der Waals surface area contributed by atoms with E-state index < -0.39 is 0 Å². The normalized spacial score (nSPS) is 28.1. The minimum atomic E-state index is 0.626. The lowest BCUT2D eigenvalue weighted by Crippen LogP contribution is -2.40. The molecule has 2 aliphatic heterocycles. The van der Waals surface area contributed by atoms with Crippen LogP contribution in [-0.2, 0) is 6.42 Å². The molecule has 2 N–H and O–H groups in total. The van der Waals surface area contributed by atoms with Crippen molar-refractivity contribution in [1.82, 2.24) is 5.32 Å². The highest BCUT2D eigenvalue weighted by Crippen LogP contribution is 2.39. The van der Waals surface area contributed by atoms with Crippen molar-refractivity contribution in [1.29, 1.82) is 0 Å². The number of hydrogen-bond acceptors (Lipinski definition) is 2. The first-order valence-electron chi connectivity index (χ1n) is 5.98. The zero-order chi connectivity index (χ0) is 10.3. The van der Waals surface area contributed by atoms with Gasteiger partial charge in [-0.05, 0) is 36.6 Å². The topological polar surface area (TPSA) is 24.1 Å². The number of nitrogens with one attached hydrogen (secondary N) is 2. The summed E-state index contributed by atoms with van der Waals surface area (Å²) in [5.41, 5.74) is 4.39. The van der Waals surface area contributed by atoms with Gasteiger partial charge in [0.05, 0.1) is 0 Å². The van der Waals surface area contributed by atoms with E-state index in [4.69, 9.17) is 0 Å². The van der Waals surface area contributed by atoms with Crippen LogP contribution in [0.1, 0.15) is 30.4 Å². The number of aryl methyl sites for hydroxylation is 1. The van der Waals surface area contributed by atoms with Gasteiger partial charge in [-0.25, -0.2) is 0 Å². The van der Waals surface area contributed by atoms with Crippen molar-refractivity contribution >= 4 is 5.69 Å². The highest BCUT2D eigenvalue weighted by Gasteiger charge is 2.33. The van der Waals surface area contributed by atoms with Gasteiger partial charge in [0.1, 0.15) is 0 Å². The second-order valence-electron chi connectivity index (χ2n) is 4.63. The number of anilines is 1. The fourth-order valence-electron chi connectivity index (χ4n) is 2.85. The quantitative estimate of drug-likeness (QED) is 0.729. The number of hydrogen-bond donors (Lipinski definition) is 2. The molecule has 3 rings (SSSR count). The number of benzene rings is 1. The standard InChI is InChI=1S/C13H18N2/c1-2-9-3-4-12-11(7-9)10-5-6-14-8-13(10)15-12/h3-4,7,10,13-15H,2,5-6,8H2,1H3. The molecule has 1 aromatic rings. The van der Waals surface area contributed by atoms with Gasteiger partial charge in [-0.1, -0.05) is 19.1 Å². The highest BCUT2D eigenvalue weighted by atomic mass is 15.0. The zero-order valence-corrected chi connectivity index (χ0v) is 9.22. The molecule has 1 fully saturated rings. The van der Waals surface area contributed by atoms with Crippen molar-refractivity contribution in [2.45, 2.75) is 31.7 Å². The Kier molecular flexibility index (Phi) is 2.17. The van der Waals surface area contributed by atoms with E-state index in [1.54, 1.807) is 5.56 Å². The smallest absolute Gasteiger partial charge is 0.0455 e. The van der Waals surface area contributed by atoms with E-state index >= 15 is 0 Å². The minimum absolute atomic E-state index is 0.626. The zero-order valence-electron chi connectivity index (χ0n) is 9.22. The fourth-order valence-corrected chi connectivity index (χ4v) is 2.85. The van der Waals surface area contributed by atoms with Crippen molar-refractivity contribution in [2.24, 2.45) is 0 Å². The molecular formula is C13H18N2. The second-order valence-corrected chi connectivity index (χ2v) is 4.63. The van der Waals surface area contributed by atoms with Crippen molar-refractivity contribution in [3.63, 3.8) is 0 Å². The Morgan fingerprint density at radius 2 is 2.33 bits per heavy atom. The van der Waals surface area contributed by atoms with Crippen molar-refractivity contribution in [3.05, 3.63) is 29.3 Å². The third kappa shape index (κ3) is 1.44. The summed E-state index contributed by atoms with van der Waals surface area (Å²) in [6, 6.07) is 7.53. The number of rotatable bonds is 1. The second kappa shape index (κ2) is 3.53. The molecule has 0 amide bonds. The summed E-state index contributed by atoms with van der Waals surface area (Å²) >= 11 is 0. The fraction of sp³-hybridized carbons (Fsp3) is 0.538. The van der Waals surface area contributed by atoms with Gasteiger partial charge in [-0.2, -0.15) is 0 Å². The molecule has 0 bridgehead atoms. The van der Waals surface area contributed by atoms with Crippen molar-refractivity contribution in [2.75, 3.05) is 18.4 Å². The molecule has 2 nitrogen and oxygen atoms in total. The first-order valence-corrected chi connectivity index (χ1v) is 5.98. The molecule has 2 heteroatoms. The summed E-state index contributed by atoms with van der Waals surface area (Å²) in [6.45, 7) is 4.50. The monoisotopic (exact) mass is 202 g/mol. The number of fused-ring (bicyclic) bond motifs is 3. The van der Waals surface area contributed by atoms with Gasteiger partial charge in [0.2, 0.25) is 0 Å². The summed E-state index contributed by atoms with van der Waals surface area (Å²) in [7, 11) is 0. The van der Waals surface area contributed by atoms with E-state index in [0.717, 1.165) is 18.9 Å². The van der Waals surface area contributed by atoms with E-state index in [-0.39, 0.29) is 0 Å². The largest absolute Gasteiger partial charge is 0.380 e. The average molecular weight is 202 g/mol. The van der Waals surface area contributed by atoms with Crippen LogP contribution >= 0.6 is 0 Å². The van der Waals surface area contributed by atoms with Crippen LogP contribution in [-0.4, -0.2) is 19.1 Å². The third-order valence-corrected chi connectivity index (χ3v) is 3.75.